The first-order valence-corrected chi connectivity index (χ1v) is 2.52. The number of rotatable bonds is 1. The molecule has 0 unspecified atom stereocenters. The molecule has 0 saturated carbocycles. The van der Waals surface area contributed by atoms with E-state index in [-0.39, 0.29) is 0 Å². The Bertz CT molecular complexity index is 169. The lowest BCUT2D eigenvalue weighted by molar-refractivity contribution is 0.400. The van der Waals surface area contributed by atoms with Crippen LogP contribution in [0.5, 0.6) is 5.88 Å². The van der Waals surface area contributed by atoms with Crippen molar-refractivity contribution >= 4 is 0 Å². The Morgan fingerprint density at radius 3 is 2.50 bits per heavy atom. The van der Waals surface area contributed by atoms with Crippen LogP contribution in [0.4, 0.5) is 0 Å². The minimum atomic E-state index is 0.822. The monoisotopic (exact) mass is 111 g/mol. The second-order valence-electron chi connectivity index (χ2n) is 1.71. The highest BCUT2D eigenvalue weighted by Crippen LogP contribution is 2.06. The molecular weight excluding hydrogens is 102 g/mol. The Balaban J connectivity index is 2.84. The average Bonchev–Trinajstić information content (AvgIpc) is 2.14. The van der Waals surface area contributed by atoms with Gasteiger partial charge < -0.3 is 9.72 Å². The van der Waals surface area contributed by atoms with Crippen LogP contribution in [0.3, 0.4) is 0 Å². The van der Waals surface area contributed by atoms with Crippen molar-refractivity contribution in [2.45, 2.75) is 6.92 Å². The molecule has 0 atom stereocenters. The van der Waals surface area contributed by atoms with Crippen LogP contribution in [0.2, 0.25) is 0 Å². The standard InChI is InChI=1S/C6H9NO/c1-5-3-4-6(7-5)8-2/h3-4,7H,1-2H3. The molecule has 0 aliphatic rings. The predicted octanol–water partition coefficient (Wildman–Crippen LogP) is 1.33. The number of ether oxygens (including phenoxy) is 1. The van der Waals surface area contributed by atoms with Crippen LogP contribution in [0, 0.1) is 6.92 Å². The van der Waals surface area contributed by atoms with Gasteiger partial charge in [0.2, 0.25) is 0 Å². The number of hydrogen-bond acceptors (Lipinski definition) is 1. The molecule has 0 amide bonds. The van der Waals surface area contributed by atoms with Crippen LogP contribution in [0.25, 0.3) is 0 Å². The highest BCUT2D eigenvalue weighted by molar-refractivity contribution is 5.16. The molecule has 44 valence electrons. The molecule has 1 heterocycles. The number of aromatic nitrogens is 1. The van der Waals surface area contributed by atoms with Crippen molar-refractivity contribution in [2.24, 2.45) is 0 Å². The second-order valence-corrected chi connectivity index (χ2v) is 1.71. The molecule has 0 saturated heterocycles. The molecule has 1 aromatic rings. The van der Waals surface area contributed by atoms with Gasteiger partial charge in [-0.05, 0) is 19.1 Å². The maximum Gasteiger partial charge on any atom is 0.190 e. The molecule has 0 aliphatic carbocycles. The van der Waals surface area contributed by atoms with Gasteiger partial charge in [-0.3, -0.25) is 0 Å². The van der Waals surface area contributed by atoms with E-state index in [1.165, 1.54) is 0 Å². The summed E-state index contributed by atoms with van der Waals surface area (Å²) in [5, 5.41) is 0. The van der Waals surface area contributed by atoms with E-state index in [1.54, 1.807) is 7.11 Å². The van der Waals surface area contributed by atoms with Gasteiger partial charge in [-0.2, -0.15) is 0 Å². The van der Waals surface area contributed by atoms with E-state index in [9.17, 15) is 0 Å². The zero-order valence-electron chi connectivity index (χ0n) is 5.06. The molecule has 0 fully saturated rings. The summed E-state index contributed by atoms with van der Waals surface area (Å²) in [6.07, 6.45) is 0. The molecular formula is C6H9NO. The third-order valence-electron chi connectivity index (χ3n) is 1.02. The number of H-pyrrole nitrogens is 1. The topological polar surface area (TPSA) is 25.0 Å². The summed E-state index contributed by atoms with van der Waals surface area (Å²) in [6, 6.07) is 3.87. The third kappa shape index (κ3) is 0.832. The van der Waals surface area contributed by atoms with E-state index in [4.69, 9.17) is 4.74 Å². The van der Waals surface area contributed by atoms with Crippen LogP contribution in [-0.2, 0) is 0 Å². The first-order chi connectivity index (χ1) is 3.83. The van der Waals surface area contributed by atoms with E-state index in [2.05, 4.69) is 4.98 Å². The fraction of sp³-hybridized carbons (Fsp3) is 0.333. The highest BCUT2D eigenvalue weighted by Gasteiger charge is 1.88. The summed E-state index contributed by atoms with van der Waals surface area (Å²) in [4.78, 5) is 3.00. The normalized spacial score (nSPS) is 9.25. The number of aromatic amines is 1. The van der Waals surface area contributed by atoms with E-state index >= 15 is 0 Å². The largest absolute Gasteiger partial charge is 0.482 e. The summed E-state index contributed by atoms with van der Waals surface area (Å²) in [5.41, 5.74) is 1.13. The molecule has 1 N–H and O–H groups in total. The summed E-state index contributed by atoms with van der Waals surface area (Å²) < 4.78 is 4.88. The summed E-state index contributed by atoms with van der Waals surface area (Å²) in [5.74, 6) is 0.822. The van der Waals surface area contributed by atoms with E-state index in [1.807, 2.05) is 19.1 Å². The van der Waals surface area contributed by atoms with Crippen molar-refractivity contribution in [3.05, 3.63) is 17.8 Å². The Morgan fingerprint density at radius 1 is 1.50 bits per heavy atom. The van der Waals surface area contributed by atoms with Gasteiger partial charge in [0.1, 0.15) is 0 Å². The van der Waals surface area contributed by atoms with Crippen molar-refractivity contribution in [1.29, 1.82) is 0 Å². The summed E-state index contributed by atoms with van der Waals surface area (Å²) in [7, 11) is 1.64. The Hall–Kier alpha value is -0.920. The Labute approximate surface area is 48.5 Å². The SMILES string of the molecule is COc1ccc(C)[nH]1. The summed E-state index contributed by atoms with van der Waals surface area (Å²) in [6.45, 7) is 1.99. The van der Waals surface area contributed by atoms with Gasteiger partial charge in [-0.1, -0.05) is 0 Å². The molecule has 0 bridgehead atoms. The van der Waals surface area contributed by atoms with Crippen LogP contribution in [0.15, 0.2) is 12.1 Å². The van der Waals surface area contributed by atoms with Crippen LogP contribution < -0.4 is 4.74 Å². The minimum absolute atomic E-state index is 0.822. The highest BCUT2D eigenvalue weighted by atomic mass is 16.5. The van der Waals surface area contributed by atoms with Crippen molar-refractivity contribution in [3.8, 4) is 5.88 Å². The number of aryl methyl sites for hydroxylation is 1. The summed E-state index contributed by atoms with van der Waals surface area (Å²) >= 11 is 0. The molecule has 0 aromatic carbocycles. The van der Waals surface area contributed by atoms with Crippen molar-refractivity contribution in [3.63, 3.8) is 0 Å². The van der Waals surface area contributed by atoms with Crippen molar-refractivity contribution < 1.29 is 4.74 Å². The third-order valence-corrected chi connectivity index (χ3v) is 1.02. The fourth-order valence-electron chi connectivity index (χ4n) is 0.597. The Kier molecular flexibility index (Phi) is 1.24. The van der Waals surface area contributed by atoms with Gasteiger partial charge in [-0.15, -0.1) is 0 Å². The van der Waals surface area contributed by atoms with Gasteiger partial charge >= 0.3 is 0 Å². The maximum atomic E-state index is 4.88. The number of hydrogen-bond donors (Lipinski definition) is 1. The number of nitrogens with one attached hydrogen (secondary N) is 1. The smallest absolute Gasteiger partial charge is 0.190 e. The average molecular weight is 111 g/mol. The molecule has 0 spiro atoms. The number of methoxy groups -OCH3 is 1. The molecule has 2 heteroatoms. The molecule has 1 rings (SSSR count). The van der Waals surface area contributed by atoms with Gasteiger partial charge in [0, 0.05) is 5.69 Å². The van der Waals surface area contributed by atoms with E-state index in [0.29, 0.717) is 0 Å². The van der Waals surface area contributed by atoms with Gasteiger partial charge in [0.05, 0.1) is 7.11 Å². The lowest BCUT2D eigenvalue weighted by Crippen LogP contribution is -1.80. The van der Waals surface area contributed by atoms with E-state index < -0.39 is 0 Å². The second kappa shape index (κ2) is 1.90. The first-order valence-electron chi connectivity index (χ1n) is 2.52. The molecule has 0 radical (unpaired) electrons. The van der Waals surface area contributed by atoms with Crippen LogP contribution >= 0.6 is 0 Å². The lowest BCUT2D eigenvalue weighted by atomic mass is 10.5. The van der Waals surface area contributed by atoms with Crippen LogP contribution in [-0.4, -0.2) is 12.1 Å². The molecule has 8 heavy (non-hydrogen) atoms. The molecule has 0 aliphatic heterocycles. The predicted molar refractivity (Wildman–Crippen MR) is 32.1 cm³/mol. The van der Waals surface area contributed by atoms with E-state index in [0.717, 1.165) is 11.6 Å². The maximum absolute atomic E-state index is 4.88. The lowest BCUT2D eigenvalue weighted by Gasteiger charge is -1.89. The van der Waals surface area contributed by atoms with Gasteiger partial charge in [0.25, 0.3) is 0 Å². The fourth-order valence-corrected chi connectivity index (χ4v) is 0.597. The van der Waals surface area contributed by atoms with Crippen LogP contribution in [0.1, 0.15) is 5.69 Å². The van der Waals surface area contributed by atoms with Gasteiger partial charge in [0.15, 0.2) is 5.88 Å². The molecule has 1 aromatic heterocycles. The molecule has 2 nitrogen and oxygen atoms in total. The van der Waals surface area contributed by atoms with Crippen molar-refractivity contribution in [1.82, 2.24) is 4.98 Å². The zero-order chi connectivity index (χ0) is 5.98. The van der Waals surface area contributed by atoms with Gasteiger partial charge in [-0.25, -0.2) is 0 Å². The Morgan fingerprint density at radius 2 is 2.25 bits per heavy atom. The zero-order valence-corrected chi connectivity index (χ0v) is 5.06. The first kappa shape index (κ1) is 5.22. The quantitative estimate of drug-likeness (QED) is 0.581. The van der Waals surface area contributed by atoms with Crippen molar-refractivity contribution in [2.75, 3.05) is 7.11 Å². The minimum Gasteiger partial charge on any atom is -0.482 e.